The molecule has 0 aliphatic carbocycles. The van der Waals surface area contributed by atoms with Crippen LogP contribution in [-0.2, 0) is 6.54 Å². The number of piperazine rings is 1. The van der Waals surface area contributed by atoms with Crippen LogP contribution in [0.1, 0.15) is 24.4 Å². The van der Waals surface area contributed by atoms with Crippen molar-refractivity contribution in [3.05, 3.63) is 71.1 Å². The Kier molecular flexibility index (Phi) is 5.53. The largest absolute Gasteiger partial charge is 0.415 e. The van der Waals surface area contributed by atoms with Crippen LogP contribution in [0.5, 0.6) is 0 Å². The zero-order valence-electron chi connectivity index (χ0n) is 15.5. The molecule has 1 saturated heterocycles. The Morgan fingerprint density at radius 3 is 2.37 bits per heavy atom. The van der Waals surface area contributed by atoms with Gasteiger partial charge in [0.15, 0.2) is 6.04 Å². The molecule has 0 amide bonds. The van der Waals surface area contributed by atoms with Gasteiger partial charge in [-0.25, -0.2) is 0 Å². The van der Waals surface area contributed by atoms with Crippen molar-refractivity contribution in [1.29, 1.82) is 0 Å². The van der Waals surface area contributed by atoms with E-state index in [9.17, 15) is 0 Å². The van der Waals surface area contributed by atoms with Crippen LogP contribution >= 0.6 is 11.6 Å². The van der Waals surface area contributed by atoms with Gasteiger partial charge in [-0.15, -0.1) is 10.2 Å². The summed E-state index contributed by atoms with van der Waals surface area (Å²) >= 11 is 5.98. The van der Waals surface area contributed by atoms with Gasteiger partial charge in [0, 0.05) is 16.1 Å². The van der Waals surface area contributed by atoms with Crippen molar-refractivity contribution in [2.75, 3.05) is 26.2 Å². The third-order valence-electron chi connectivity index (χ3n) is 5.41. The van der Waals surface area contributed by atoms with Gasteiger partial charge in [-0.2, -0.15) is 0 Å². The van der Waals surface area contributed by atoms with Crippen LogP contribution in [0.4, 0.5) is 0 Å². The van der Waals surface area contributed by atoms with Crippen LogP contribution in [0, 0.1) is 0 Å². The lowest BCUT2D eigenvalue weighted by molar-refractivity contribution is -1.03. The topological polar surface area (TPSA) is 47.8 Å². The second kappa shape index (κ2) is 8.21. The molecule has 140 valence electrons. The van der Waals surface area contributed by atoms with E-state index in [-0.39, 0.29) is 6.04 Å². The molecule has 0 unspecified atom stereocenters. The molecule has 0 saturated carbocycles. The van der Waals surface area contributed by atoms with Crippen LogP contribution in [-0.4, -0.2) is 36.4 Å². The molecule has 0 spiro atoms. The lowest BCUT2D eigenvalue weighted by Crippen LogP contribution is -3.27. The number of nitrogens with one attached hydrogen (secondary N) is 2. The molecule has 0 bridgehead atoms. The second-order valence-electron chi connectivity index (χ2n) is 7.24. The number of hydrogen-bond donors (Lipinski definition) is 2. The Hall–Kier alpha value is -2.21. The maximum atomic E-state index is 5.98. The maximum absolute atomic E-state index is 5.98. The fourth-order valence-corrected chi connectivity index (χ4v) is 3.83. The van der Waals surface area contributed by atoms with Crippen LogP contribution < -0.4 is 9.80 Å². The second-order valence-corrected chi connectivity index (χ2v) is 7.68. The number of quaternary nitrogens is 2. The minimum absolute atomic E-state index is 0.215. The third kappa shape index (κ3) is 4.38. The first-order valence-corrected chi connectivity index (χ1v) is 9.88. The van der Waals surface area contributed by atoms with Crippen LogP contribution in [0.3, 0.4) is 0 Å². The molecule has 3 aromatic rings. The van der Waals surface area contributed by atoms with Gasteiger partial charge in [-0.3, -0.25) is 0 Å². The lowest BCUT2D eigenvalue weighted by atomic mass is 10.2. The Morgan fingerprint density at radius 1 is 0.963 bits per heavy atom. The highest BCUT2D eigenvalue weighted by Crippen LogP contribution is 2.19. The van der Waals surface area contributed by atoms with Crippen molar-refractivity contribution in [1.82, 2.24) is 10.2 Å². The van der Waals surface area contributed by atoms with Gasteiger partial charge >= 0.3 is 0 Å². The summed E-state index contributed by atoms with van der Waals surface area (Å²) in [5.74, 6) is 1.33. The number of halogens is 1. The van der Waals surface area contributed by atoms with Crippen molar-refractivity contribution in [2.24, 2.45) is 0 Å². The van der Waals surface area contributed by atoms with E-state index in [1.54, 1.807) is 4.90 Å². The van der Waals surface area contributed by atoms with Crippen molar-refractivity contribution >= 4 is 11.6 Å². The maximum Gasteiger partial charge on any atom is 0.274 e. The van der Waals surface area contributed by atoms with Gasteiger partial charge in [0.05, 0.1) is 0 Å². The fourth-order valence-electron chi connectivity index (χ4n) is 3.71. The Bertz CT molecular complexity index is 857. The van der Waals surface area contributed by atoms with Gasteiger partial charge in [-0.1, -0.05) is 41.9 Å². The summed E-state index contributed by atoms with van der Waals surface area (Å²) < 4.78 is 5.96. The summed E-state index contributed by atoms with van der Waals surface area (Å²) in [7, 11) is 0. The van der Waals surface area contributed by atoms with Crippen molar-refractivity contribution in [3.8, 4) is 11.5 Å². The van der Waals surface area contributed by atoms with Crippen molar-refractivity contribution < 1.29 is 14.2 Å². The summed E-state index contributed by atoms with van der Waals surface area (Å²) in [6.45, 7) is 7.73. The summed E-state index contributed by atoms with van der Waals surface area (Å²) in [5.41, 5.74) is 2.31. The zero-order chi connectivity index (χ0) is 18.6. The quantitative estimate of drug-likeness (QED) is 0.699. The highest BCUT2D eigenvalue weighted by Gasteiger charge is 2.31. The van der Waals surface area contributed by atoms with Gasteiger partial charge in [-0.05, 0) is 31.2 Å². The van der Waals surface area contributed by atoms with E-state index >= 15 is 0 Å². The summed E-state index contributed by atoms with van der Waals surface area (Å²) in [6, 6.07) is 18.3. The molecule has 1 aliphatic rings. The SMILES string of the molecule is C[C@@H](c1nnc(-c2ccccc2)o1)[NH+]1CC[NH+](Cc2ccc(Cl)cc2)CC1. The van der Waals surface area contributed by atoms with Crippen LogP contribution in [0.2, 0.25) is 5.02 Å². The Labute approximate surface area is 164 Å². The molecular formula is C21H25ClN4O+2. The molecule has 4 rings (SSSR count). The first-order valence-electron chi connectivity index (χ1n) is 9.50. The zero-order valence-corrected chi connectivity index (χ0v) is 16.2. The number of benzene rings is 2. The fraction of sp³-hybridized carbons (Fsp3) is 0.333. The van der Waals surface area contributed by atoms with Gasteiger partial charge in [0.25, 0.3) is 5.89 Å². The van der Waals surface area contributed by atoms with Gasteiger partial charge in [0.2, 0.25) is 5.89 Å². The van der Waals surface area contributed by atoms with Crippen LogP contribution in [0.25, 0.3) is 11.5 Å². The molecule has 2 N–H and O–H groups in total. The predicted octanol–water partition coefficient (Wildman–Crippen LogP) is 1.43. The number of nitrogens with zero attached hydrogens (tertiary/aromatic N) is 2. The molecule has 2 aromatic carbocycles. The first-order chi connectivity index (χ1) is 13.2. The molecule has 6 heteroatoms. The predicted molar refractivity (Wildman–Crippen MR) is 105 cm³/mol. The first kappa shape index (κ1) is 18.2. The average molecular weight is 385 g/mol. The molecule has 1 fully saturated rings. The molecule has 1 aromatic heterocycles. The molecule has 0 radical (unpaired) electrons. The summed E-state index contributed by atoms with van der Waals surface area (Å²) in [6.07, 6.45) is 0. The molecular weight excluding hydrogens is 360 g/mol. The normalized spacial score (nSPS) is 21.1. The Morgan fingerprint density at radius 2 is 1.67 bits per heavy atom. The average Bonchev–Trinajstić information content (AvgIpc) is 3.21. The van der Waals surface area contributed by atoms with E-state index in [2.05, 4.69) is 29.3 Å². The highest BCUT2D eigenvalue weighted by atomic mass is 35.5. The number of rotatable bonds is 5. The molecule has 27 heavy (non-hydrogen) atoms. The van der Waals surface area contributed by atoms with E-state index in [0.29, 0.717) is 5.89 Å². The standard InChI is InChI=1S/C21H23ClN4O/c1-16(20-23-24-21(27-20)18-5-3-2-4-6-18)26-13-11-25(12-14-26)15-17-7-9-19(22)10-8-17/h2-10,16H,11-15H2,1H3/p+2/t16-/m0/s1. The molecule has 1 aliphatic heterocycles. The number of hydrogen-bond acceptors (Lipinski definition) is 3. The minimum atomic E-state index is 0.215. The smallest absolute Gasteiger partial charge is 0.274 e. The van der Waals surface area contributed by atoms with E-state index in [4.69, 9.17) is 16.0 Å². The number of aromatic nitrogens is 2. The van der Waals surface area contributed by atoms with Gasteiger partial charge < -0.3 is 14.2 Å². The molecule has 5 nitrogen and oxygen atoms in total. The van der Waals surface area contributed by atoms with Crippen molar-refractivity contribution in [3.63, 3.8) is 0 Å². The summed E-state index contributed by atoms with van der Waals surface area (Å²) in [4.78, 5) is 3.13. The Balaban J connectivity index is 1.34. The highest BCUT2D eigenvalue weighted by molar-refractivity contribution is 6.30. The van der Waals surface area contributed by atoms with Crippen molar-refractivity contribution in [2.45, 2.75) is 19.5 Å². The van der Waals surface area contributed by atoms with E-state index in [1.165, 1.54) is 10.5 Å². The lowest BCUT2D eigenvalue weighted by Gasteiger charge is -2.32. The molecule has 2 heterocycles. The molecule has 1 atom stereocenters. The van der Waals surface area contributed by atoms with Crippen LogP contribution in [0.15, 0.2) is 59.0 Å². The summed E-state index contributed by atoms with van der Waals surface area (Å²) in [5, 5.41) is 9.34. The van der Waals surface area contributed by atoms with E-state index < -0.39 is 0 Å². The monoisotopic (exact) mass is 384 g/mol. The third-order valence-corrected chi connectivity index (χ3v) is 5.66. The minimum Gasteiger partial charge on any atom is -0.415 e. The van der Waals surface area contributed by atoms with E-state index in [1.807, 2.05) is 42.5 Å². The van der Waals surface area contributed by atoms with E-state index in [0.717, 1.165) is 49.2 Å². The van der Waals surface area contributed by atoms with Gasteiger partial charge in [0.1, 0.15) is 32.7 Å².